The molecule has 0 bridgehead atoms. The van der Waals surface area contributed by atoms with Crippen molar-refractivity contribution < 1.29 is 4.79 Å². The molecule has 2 rings (SSSR count). The molecule has 0 aromatic carbocycles. The molecule has 1 atom stereocenters. The number of amides is 1. The van der Waals surface area contributed by atoms with Crippen molar-refractivity contribution in [2.45, 2.75) is 50.6 Å². The van der Waals surface area contributed by atoms with E-state index in [2.05, 4.69) is 6.92 Å². The molecule has 16 heavy (non-hydrogen) atoms. The minimum Gasteiger partial charge on any atom is -0.338 e. The van der Waals surface area contributed by atoms with Gasteiger partial charge in [-0.05, 0) is 19.8 Å². The van der Waals surface area contributed by atoms with E-state index in [1.807, 2.05) is 16.7 Å². The Kier molecular flexibility index (Phi) is 3.80. The third kappa shape index (κ3) is 2.72. The van der Waals surface area contributed by atoms with Gasteiger partial charge in [0, 0.05) is 36.1 Å². The summed E-state index contributed by atoms with van der Waals surface area (Å²) in [6.45, 7) is 3.04. The first kappa shape index (κ1) is 12.2. The summed E-state index contributed by atoms with van der Waals surface area (Å²) in [6.07, 6.45) is 4.98. The lowest BCUT2D eigenvalue weighted by Gasteiger charge is -2.35. The molecule has 3 nitrogen and oxygen atoms in total. The van der Waals surface area contributed by atoms with Gasteiger partial charge in [0.1, 0.15) is 0 Å². The fraction of sp³-hybridized carbons (Fsp3) is 0.917. The highest BCUT2D eigenvalue weighted by atomic mass is 32.2. The Morgan fingerprint density at radius 3 is 2.81 bits per heavy atom. The molecule has 1 saturated carbocycles. The van der Waals surface area contributed by atoms with Crippen molar-refractivity contribution in [2.75, 3.05) is 18.1 Å². The molecule has 1 aliphatic carbocycles. The average Bonchev–Trinajstić information content (AvgIpc) is 2.65. The van der Waals surface area contributed by atoms with Crippen molar-refractivity contribution in [3.05, 3.63) is 0 Å². The van der Waals surface area contributed by atoms with Crippen LogP contribution in [0.1, 0.15) is 39.0 Å². The Morgan fingerprint density at radius 1 is 1.50 bits per heavy atom. The second-order valence-electron chi connectivity index (χ2n) is 5.26. The van der Waals surface area contributed by atoms with Crippen molar-refractivity contribution in [1.82, 2.24) is 4.90 Å². The summed E-state index contributed by atoms with van der Waals surface area (Å²) in [6, 6.07) is 0.385. The Bertz CT molecular complexity index is 264. The molecule has 0 radical (unpaired) electrons. The van der Waals surface area contributed by atoms with Crippen molar-refractivity contribution >= 4 is 17.7 Å². The third-order valence-electron chi connectivity index (χ3n) is 3.79. The minimum atomic E-state index is -0.193. The van der Waals surface area contributed by atoms with Crippen LogP contribution in [0.4, 0.5) is 0 Å². The van der Waals surface area contributed by atoms with Gasteiger partial charge in [-0.1, -0.05) is 12.8 Å². The Labute approximate surface area is 102 Å². The summed E-state index contributed by atoms with van der Waals surface area (Å²) in [5, 5.41) is 0. The highest BCUT2D eigenvalue weighted by Gasteiger charge is 2.34. The van der Waals surface area contributed by atoms with Crippen LogP contribution in [0.5, 0.6) is 0 Å². The smallest absolute Gasteiger partial charge is 0.224 e. The standard InChI is InChI=1S/C12H22N2OS/c1-10-9-16-7-6-14(10)11(15)8-12(13)4-2-3-5-12/h10H,2-9,13H2,1H3. The number of hydrogen-bond donors (Lipinski definition) is 1. The number of carbonyl (C=O) groups excluding carboxylic acids is 1. The van der Waals surface area contributed by atoms with Crippen LogP contribution < -0.4 is 5.73 Å². The first-order chi connectivity index (χ1) is 7.61. The second kappa shape index (κ2) is 4.96. The predicted octanol–water partition coefficient (Wildman–Crippen LogP) is 1.61. The van der Waals surface area contributed by atoms with E-state index >= 15 is 0 Å². The van der Waals surface area contributed by atoms with Crippen LogP contribution in [0.2, 0.25) is 0 Å². The molecule has 2 fully saturated rings. The van der Waals surface area contributed by atoms with Crippen LogP contribution in [-0.4, -0.2) is 40.4 Å². The number of nitrogens with zero attached hydrogens (tertiary/aromatic N) is 1. The molecule has 0 aromatic rings. The molecule has 92 valence electrons. The SMILES string of the molecule is CC1CSCCN1C(=O)CC1(N)CCCC1. The zero-order valence-corrected chi connectivity index (χ0v) is 10.9. The highest BCUT2D eigenvalue weighted by molar-refractivity contribution is 7.99. The van der Waals surface area contributed by atoms with E-state index < -0.39 is 0 Å². The van der Waals surface area contributed by atoms with Gasteiger partial charge >= 0.3 is 0 Å². The summed E-state index contributed by atoms with van der Waals surface area (Å²) in [5.41, 5.74) is 6.07. The van der Waals surface area contributed by atoms with E-state index in [0.717, 1.165) is 30.9 Å². The third-order valence-corrected chi connectivity index (χ3v) is 4.98. The number of carbonyl (C=O) groups is 1. The van der Waals surface area contributed by atoms with E-state index in [1.165, 1.54) is 12.8 Å². The summed E-state index contributed by atoms with van der Waals surface area (Å²) in [4.78, 5) is 14.2. The van der Waals surface area contributed by atoms with Gasteiger partial charge in [-0.15, -0.1) is 0 Å². The first-order valence-corrected chi connectivity index (χ1v) is 7.42. The van der Waals surface area contributed by atoms with Gasteiger partial charge in [0.2, 0.25) is 5.91 Å². The maximum atomic E-state index is 12.2. The molecule has 0 aromatic heterocycles. The van der Waals surface area contributed by atoms with Crippen LogP contribution in [0.15, 0.2) is 0 Å². The van der Waals surface area contributed by atoms with E-state index in [4.69, 9.17) is 5.73 Å². The van der Waals surface area contributed by atoms with Crippen LogP contribution >= 0.6 is 11.8 Å². The number of hydrogen-bond acceptors (Lipinski definition) is 3. The fourth-order valence-corrected chi connectivity index (χ4v) is 3.77. The van der Waals surface area contributed by atoms with Crippen molar-refractivity contribution in [3.63, 3.8) is 0 Å². The maximum absolute atomic E-state index is 12.2. The molecule has 1 amide bonds. The minimum absolute atomic E-state index is 0.193. The molecule has 1 heterocycles. The summed E-state index contributed by atoms with van der Waals surface area (Å²) >= 11 is 1.94. The molecular formula is C12H22N2OS. The maximum Gasteiger partial charge on any atom is 0.224 e. The van der Waals surface area contributed by atoms with Crippen LogP contribution in [-0.2, 0) is 4.79 Å². The van der Waals surface area contributed by atoms with Gasteiger partial charge in [0.25, 0.3) is 0 Å². The molecule has 2 aliphatic rings. The van der Waals surface area contributed by atoms with E-state index in [-0.39, 0.29) is 11.4 Å². The topological polar surface area (TPSA) is 46.3 Å². The van der Waals surface area contributed by atoms with Gasteiger partial charge in [0.05, 0.1) is 0 Å². The molecule has 4 heteroatoms. The average molecular weight is 242 g/mol. The molecule has 1 saturated heterocycles. The normalized spacial score (nSPS) is 29.4. The molecule has 0 spiro atoms. The van der Waals surface area contributed by atoms with Crippen LogP contribution in [0.3, 0.4) is 0 Å². The Balaban J connectivity index is 1.91. The lowest BCUT2D eigenvalue weighted by Crippen LogP contribution is -2.49. The second-order valence-corrected chi connectivity index (χ2v) is 6.41. The first-order valence-electron chi connectivity index (χ1n) is 6.27. The Hall–Kier alpha value is -0.220. The summed E-state index contributed by atoms with van der Waals surface area (Å²) in [5.74, 6) is 2.42. The van der Waals surface area contributed by atoms with Gasteiger partial charge < -0.3 is 10.6 Å². The van der Waals surface area contributed by atoms with Crippen LogP contribution in [0, 0.1) is 0 Å². The zero-order valence-electron chi connectivity index (χ0n) is 10.1. The fourth-order valence-electron chi connectivity index (χ4n) is 2.76. The predicted molar refractivity (Wildman–Crippen MR) is 68.5 cm³/mol. The van der Waals surface area contributed by atoms with Gasteiger partial charge in [-0.3, -0.25) is 4.79 Å². The quantitative estimate of drug-likeness (QED) is 0.800. The molecule has 1 unspecified atom stereocenters. The van der Waals surface area contributed by atoms with Crippen molar-refractivity contribution in [3.8, 4) is 0 Å². The van der Waals surface area contributed by atoms with Crippen molar-refractivity contribution in [2.24, 2.45) is 5.73 Å². The number of nitrogens with two attached hydrogens (primary N) is 1. The largest absolute Gasteiger partial charge is 0.338 e. The lowest BCUT2D eigenvalue weighted by molar-refractivity contribution is -0.133. The Morgan fingerprint density at radius 2 is 2.19 bits per heavy atom. The van der Waals surface area contributed by atoms with Crippen molar-refractivity contribution in [1.29, 1.82) is 0 Å². The van der Waals surface area contributed by atoms with Crippen LogP contribution in [0.25, 0.3) is 0 Å². The lowest BCUT2D eigenvalue weighted by atomic mass is 9.94. The highest BCUT2D eigenvalue weighted by Crippen LogP contribution is 2.31. The van der Waals surface area contributed by atoms with E-state index in [9.17, 15) is 4.79 Å². The van der Waals surface area contributed by atoms with Gasteiger partial charge in [-0.25, -0.2) is 0 Å². The summed E-state index contributed by atoms with van der Waals surface area (Å²) in [7, 11) is 0. The zero-order chi connectivity index (χ0) is 11.6. The molecule has 2 N–H and O–H groups in total. The van der Waals surface area contributed by atoms with Gasteiger partial charge in [0.15, 0.2) is 0 Å². The van der Waals surface area contributed by atoms with E-state index in [0.29, 0.717) is 12.5 Å². The number of thioether (sulfide) groups is 1. The summed E-state index contributed by atoms with van der Waals surface area (Å²) < 4.78 is 0. The monoisotopic (exact) mass is 242 g/mol. The number of rotatable bonds is 2. The molecule has 1 aliphatic heterocycles. The van der Waals surface area contributed by atoms with Gasteiger partial charge in [-0.2, -0.15) is 11.8 Å². The molecular weight excluding hydrogens is 220 g/mol. The van der Waals surface area contributed by atoms with E-state index in [1.54, 1.807) is 0 Å².